The Bertz CT molecular complexity index is 399. The van der Waals surface area contributed by atoms with Crippen molar-refractivity contribution in [2.75, 3.05) is 0 Å². The van der Waals surface area contributed by atoms with Gasteiger partial charge in [-0.3, -0.25) is 4.98 Å². The molecular weight excluding hydrogens is 337 g/mol. The van der Waals surface area contributed by atoms with Crippen molar-refractivity contribution in [3.63, 3.8) is 0 Å². The summed E-state index contributed by atoms with van der Waals surface area (Å²) in [5, 5.41) is 7.31. The van der Waals surface area contributed by atoms with E-state index < -0.39 is 0 Å². The molecule has 0 aliphatic carbocycles. The first-order chi connectivity index (χ1) is 8.11. The summed E-state index contributed by atoms with van der Waals surface area (Å²) in [5.74, 6) is 0.547. The molecule has 1 radical (unpaired) electrons. The molecule has 0 saturated carbocycles. The van der Waals surface area contributed by atoms with E-state index in [9.17, 15) is 0 Å². The number of rotatable bonds is 2. The molecule has 4 nitrogen and oxygen atoms in total. The number of aromatic nitrogens is 4. The summed E-state index contributed by atoms with van der Waals surface area (Å²) in [5.41, 5.74) is 1.16. The molecule has 2 heterocycles. The van der Waals surface area contributed by atoms with Crippen molar-refractivity contribution in [2.24, 2.45) is 0 Å². The second kappa shape index (κ2) is 15.8. The average molecular weight is 369 g/mol. The fraction of sp³-hybridized carbons (Fsp3) is 0.562. The molecule has 2 aromatic rings. The number of pyridine rings is 1. The Morgan fingerprint density at radius 3 is 1.67 bits per heavy atom. The molecule has 119 valence electrons. The van der Waals surface area contributed by atoms with Crippen LogP contribution in [0.4, 0.5) is 0 Å². The van der Waals surface area contributed by atoms with Gasteiger partial charge < -0.3 is 4.57 Å². The third kappa shape index (κ3) is 11.7. The predicted octanol–water partition coefficient (Wildman–Crippen LogP) is 4.97. The van der Waals surface area contributed by atoms with Crippen molar-refractivity contribution in [1.82, 2.24) is 19.7 Å². The van der Waals surface area contributed by atoms with Crippen molar-refractivity contribution in [1.29, 1.82) is 0 Å². The van der Waals surface area contributed by atoms with Gasteiger partial charge in [0.25, 0.3) is 0 Å². The maximum absolute atomic E-state index is 4.18. The van der Waals surface area contributed by atoms with Gasteiger partial charge in [0.1, 0.15) is 12.7 Å². The Kier molecular flexibility index (Phi) is 21.4. The summed E-state index contributed by atoms with van der Waals surface area (Å²) in [6, 6.07) is 6.48. The quantitative estimate of drug-likeness (QED) is 0.751. The Labute approximate surface area is 156 Å². The van der Waals surface area contributed by atoms with E-state index in [0.29, 0.717) is 12.0 Å². The molecule has 21 heavy (non-hydrogen) atoms. The van der Waals surface area contributed by atoms with Gasteiger partial charge in [-0.25, -0.2) is 0 Å². The Balaban J connectivity index is -0.000000116. The van der Waals surface area contributed by atoms with E-state index in [2.05, 4.69) is 42.9 Å². The van der Waals surface area contributed by atoms with Crippen LogP contribution in [0.25, 0.3) is 0 Å². The molecule has 0 aliphatic heterocycles. The van der Waals surface area contributed by atoms with Crippen molar-refractivity contribution < 1.29 is 32.7 Å². The van der Waals surface area contributed by atoms with Crippen LogP contribution >= 0.6 is 0 Å². The van der Waals surface area contributed by atoms with E-state index in [1.165, 1.54) is 0 Å². The first kappa shape index (κ1) is 28.5. The van der Waals surface area contributed by atoms with Gasteiger partial charge in [0.2, 0.25) is 0 Å². The van der Waals surface area contributed by atoms with Crippen LogP contribution in [0.3, 0.4) is 0 Å². The first-order valence-corrected chi connectivity index (χ1v) is 5.86. The van der Waals surface area contributed by atoms with E-state index in [0.717, 1.165) is 5.69 Å². The molecule has 0 bridgehead atoms. The number of hydrogen-bond donors (Lipinski definition) is 0. The fourth-order valence-electron chi connectivity index (χ4n) is 1.19. The number of nitrogens with zero attached hydrogens (tertiary/aromatic N) is 4. The van der Waals surface area contributed by atoms with Crippen molar-refractivity contribution in [3.8, 4) is 0 Å². The third-order valence-electron chi connectivity index (χ3n) is 2.31. The van der Waals surface area contributed by atoms with Crippen LogP contribution in [-0.2, 0) is 32.7 Å². The Morgan fingerprint density at radius 2 is 1.43 bits per heavy atom. The maximum atomic E-state index is 4.18. The van der Waals surface area contributed by atoms with Gasteiger partial charge in [-0.15, -0.1) is 10.2 Å². The summed E-state index contributed by atoms with van der Waals surface area (Å²) in [7, 11) is 0. The van der Waals surface area contributed by atoms with Gasteiger partial charge >= 0.3 is 0 Å². The zero-order chi connectivity index (χ0) is 12.7. The average Bonchev–Trinajstić information content (AvgIpc) is 2.84. The smallest absolute Gasteiger partial charge is 0.119 e. The summed E-state index contributed by atoms with van der Waals surface area (Å²) < 4.78 is 1.94. The molecule has 0 unspecified atom stereocenters. The van der Waals surface area contributed by atoms with Gasteiger partial charge in [-0.1, -0.05) is 42.2 Å². The largest absolute Gasteiger partial charge is 0.318 e. The van der Waals surface area contributed by atoms with Crippen LogP contribution in [0.15, 0.2) is 37.1 Å². The van der Waals surface area contributed by atoms with E-state index in [1.54, 1.807) is 12.7 Å². The van der Waals surface area contributed by atoms with Crippen LogP contribution in [0.5, 0.6) is 0 Å². The van der Waals surface area contributed by atoms with E-state index in [-0.39, 0.29) is 55.0 Å². The Morgan fingerprint density at radius 1 is 0.905 bits per heavy atom. The van der Waals surface area contributed by atoms with E-state index in [1.807, 2.05) is 29.0 Å². The van der Waals surface area contributed by atoms with Crippen molar-refractivity contribution in [2.45, 2.75) is 61.9 Å². The molecule has 0 N–H and O–H groups in total. The summed E-state index contributed by atoms with van der Waals surface area (Å²) in [4.78, 5) is 4.18. The first-order valence-electron chi connectivity index (χ1n) is 5.86. The van der Waals surface area contributed by atoms with Gasteiger partial charge in [-0.05, 0) is 31.9 Å². The van der Waals surface area contributed by atoms with Gasteiger partial charge in [-0.2, -0.15) is 0 Å². The summed E-state index contributed by atoms with van der Waals surface area (Å²) in [6.07, 6.45) is 5.25. The maximum Gasteiger partial charge on any atom is 0.119 e. The van der Waals surface area contributed by atoms with Crippen LogP contribution < -0.4 is 0 Å². The zero-order valence-electron chi connectivity index (χ0n) is 11.5. The zero-order valence-corrected chi connectivity index (χ0v) is 14.3. The Hall–Kier alpha value is -0.606. The molecule has 0 saturated heterocycles. The monoisotopic (exact) mass is 369 g/mol. The molecule has 5 heteroatoms. The predicted molar refractivity (Wildman–Crippen MR) is 88.9 cm³/mol. The molecule has 2 rings (SSSR count). The molecular formula is C16H32N4Y. The molecule has 0 spiro atoms. The summed E-state index contributed by atoms with van der Waals surface area (Å²) in [6.45, 7) is 8.46. The van der Waals surface area contributed by atoms with Crippen LogP contribution in [0.2, 0.25) is 0 Å². The molecule has 0 fully saturated rings. The SMILES string of the molecule is C.C.C.CC(C)c1ccccn1.CC(C)n1cnnc1.[Y]. The summed E-state index contributed by atoms with van der Waals surface area (Å²) >= 11 is 0. The number of hydrogen-bond acceptors (Lipinski definition) is 3. The van der Waals surface area contributed by atoms with Gasteiger partial charge in [0.15, 0.2) is 0 Å². The molecule has 0 atom stereocenters. The van der Waals surface area contributed by atoms with Crippen molar-refractivity contribution >= 4 is 0 Å². The molecule has 0 aromatic carbocycles. The van der Waals surface area contributed by atoms with E-state index >= 15 is 0 Å². The second-order valence-electron chi connectivity index (χ2n) is 4.41. The third-order valence-corrected chi connectivity index (χ3v) is 2.31. The fourth-order valence-corrected chi connectivity index (χ4v) is 1.19. The van der Waals surface area contributed by atoms with Crippen LogP contribution in [0, 0.1) is 0 Å². The topological polar surface area (TPSA) is 43.6 Å². The molecule has 0 aliphatic rings. The van der Waals surface area contributed by atoms with Crippen LogP contribution in [-0.4, -0.2) is 19.7 Å². The normalized spacial score (nSPS) is 8.29. The minimum Gasteiger partial charge on any atom is -0.318 e. The standard InChI is InChI=1S/C8H11N.C5H9N3.3CH4.Y/c1-7(2)8-5-3-4-6-9-8;1-5(2)8-3-6-7-4-8;;;;/h3-7H,1-2H3;3-5H,1-2H3;3*1H4;. The van der Waals surface area contributed by atoms with E-state index in [4.69, 9.17) is 0 Å². The minimum atomic E-state index is 0. The van der Waals surface area contributed by atoms with Crippen molar-refractivity contribution in [3.05, 3.63) is 42.7 Å². The van der Waals surface area contributed by atoms with Crippen LogP contribution in [0.1, 0.15) is 67.6 Å². The van der Waals surface area contributed by atoms with Gasteiger partial charge in [0, 0.05) is 50.6 Å². The minimum absolute atomic E-state index is 0. The molecule has 0 amide bonds. The van der Waals surface area contributed by atoms with Gasteiger partial charge in [0.05, 0.1) is 0 Å². The molecule has 2 aromatic heterocycles. The second-order valence-corrected chi connectivity index (χ2v) is 4.41.